The molecule has 2 amide bonds. The van der Waals surface area contributed by atoms with Gasteiger partial charge in [0.2, 0.25) is 11.8 Å². The summed E-state index contributed by atoms with van der Waals surface area (Å²) in [6.45, 7) is 4.83. The van der Waals surface area contributed by atoms with E-state index in [1.54, 1.807) is 23.1 Å². The van der Waals surface area contributed by atoms with Crippen LogP contribution in [0, 0.1) is 0 Å². The van der Waals surface area contributed by atoms with Crippen molar-refractivity contribution < 1.29 is 14.3 Å². The van der Waals surface area contributed by atoms with Gasteiger partial charge in [-0.15, -0.1) is 0 Å². The molecule has 114 valence electrons. The summed E-state index contributed by atoms with van der Waals surface area (Å²) in [6, 6.07) is 6.81. The second-order valence-electron chi connectivity index (χ2n) is 5.10. The van der Waals surface area contributed by atoms with Crippen molar-refractivity contribution in [3.8, 4) is 0 Å². The average molecular weight is 291 g/mol. The fourth-order valence-corrected chi connectivity index (χ4v) is 2.25. The number of benzene rings is 1. The minimum atomic E-state index is -0.450. The summed E-state index contributed by atoms with van der Waals surface area (Å²) in [5.74, 6) is -0.376. The predicted molar refractivity (Wildman–Crippen MR) is 78.7 cm³/mol. The Balaban J connectivity index is 1.88. The largest absolute Gasteiger partial charge is 0.378 e. The molecule has 0 bridgehead atoms. The van der Waals surface area contributed by atoms with Gasteiger partial charge in [0.1, 0.15) is 0 Å². The highest BCUT2D eigenvalue weighted by Gasteiger charge is 2.21. The Morgan fingerprint density at radius 1 is 1.38 bits per heavy atom. The number of nitrogens with one attached hydrogen (secondary N) is 1. The number of rotatable bonds is 5. The quantitative estimate of drug-likeness (QED) is 0.807. The molecule has 2 rings (SSSR count). The molecule has 0 aliphatic carbocycles. The van der Waals surface area contributed by atoms with Gasteiger partial charge >= 0.3 is 0 Å². The molecular formula is C15H21N3O3. The molecule has 1 aromatic rings. The lowest BCUT2D eigenvalue weighted by atomic mass is 10.1. The second kappa shape index (κ2) is 7.19. The van der Waals surface area contributed by atoms with E-state index in [0.29, 0.717) is 38.4 Å². The van der Waals surface area contributed by atoms with Crippen molar-refractivity contribution in [1.82, 2.24) is 10.2 Å². The van der Waals surface area contributed by atoms with Gasteiger partial charge in [0.25, 0.3) is 0 Å². The minimum Gasteiger partial charge on any atom is -0.378 e. The Bertz CT molecular complexity index is 513. The summed E-state index contributed by atoms with van der Waals surface area (Å²) >= 11 is 0. The molecule has 0 saturated carbocycles. The van der Waals surface area contributed by atoms with Gasteiger partial charge in [0.15, 0.2) is 0 Å². The first-order valence-electron chi connectivity index (χ1n) is 7.06. The van der Waals surface area contributed by atoms with Gasteiger partial charge in [-0.3, -0.25) is 9.59 Å². The van der Waals surface area contributed by atoms with E-state index in [2.05, 4.69) is 5.32 Å². The summed E-state index contributed by atoms with van der Waals surface area (Å²) in [5, 5.41) is 3.18. The number of hydrogen-bond donors (Lipinski definition) is 2. The van der Waals surface area contributed by atoms with Crippen molar-refractivity contribution in [1.29, 1.82) is 0 Å². The van der Waals surface area contributed by atoms with E-state index in [1.807, 2.05) is 13.0 Å². The molecule has 1 unspecified atom stereocenters. The van der Waals surface area contributed by atoms with Crippen molar-refractivity contribution in [2.45, 2.75) is 19.5 Å². The summed E-state index contributed by atoms with van der Waals surface area (Å²) in [6.07, 6.45) is 0. The Labute approximate surface area is 124 Å². The molecule has 1 heterocycles. The monoisotopic (exact) mass is 291 g/mol. The normalized spacial score (nSPS) is 16.5. The minimum absolute atomic E-state index is 0.0735. The van der Waals surface area contributed by atoms with Crippen molar-refractivity contribution in [2.24, 2.45) is 5.73 Å². The first kappa shape index (κ1) is 15.5. The summed E-state index contributed by atoms with van der Waals surface area (Å²) in [5.41, 5.74) is 6.65. The lowest BCUT2D eigenvalue weighted by Gasteiger charge is -2.29. The van der Waals surface area contributed by atoms with Crippen molar-refractivity contribution in [3.63, 3.8) is 0 Å². The lowest BCUT2D eigenvalue weighted by molar-refractivity contribution is -0.137. The summed E-state index contributed by atoms with van der Waals surface area (Å²) in [4.78, 5) is 25.2. The molecule has 1 fully saturated rings. The Kier molecular flexibility index (Phi) is 5.30. The first-order chi connectivity index (χ1) is 10.1. The molecule has 1 atom stereocenters. The van der Waals surface area contributed by atoms with Gasteiger partial charge in [-0.05, 0) is 24.6 Å². The second-order valence-corrected chi connectivity index (χ2v) is 5.10. The molecule has 3 N–H and O–H groups in total. The smallest absolute Gasteiger partial charge is 0.248 e. The third kappa shape index (κ3) is 4.27. The number of nitrogens with zero attached hydrogens (tertiary/aromatic N) is 1. The van der Waals surface area contributed by atoms with Crippen LogP contribution in [0.4, 0.5) is 0 Å². The van der Waals surface area contributed by atoms with Crippen molar-refractivity contribution in [2.75, 3.05) is 26.3 Å². The van der Waals surface area contributed by atoms with Crippen LogP contribution in [0.25, 0.3) is 0 Å². The molecule has 6 heteroatoms. The fourth-order valence-electron chi connectivity index (χ4n) is 2.25. The summed E-state index contributed by atoms with van der Waals surface area (Å²) < 4.78 is 5.24. The van der Waals surface area contributed by atoms with Gasteiger partial charge < -0.3 is 20.7 Å². The number of amides is 2. The number of nitrogens with two attached hydrogens (primary N) is 1. The lowest BCUT2D eigenvalue weighted by Crippen LogP contribution is -2.49. The van der Waals surface area contributed by atoms with Crippen LogP contribution in [0.1, 0.15) is 22.8 Å². The zero-order chi connectivity index (χ0) is 15.2. The van der Waals surface area contributed by atoms with E-state index in [0.717, 1.165) is 5.56 Å². The Hall–Kier alpha value is -1.92. The van der Waals surface area contributed by atoms with Crippen molar-refractivity contribution >= 4 is 11.8 Å². The topological polar surface area (TPSA) is 84.7 Å². The Morgan fingerprint density at radius 3 is 2.76 bits per heavy atom. The molecule has 1 aromatic carbocycles. The van der Waals surface area contributed by atoms with E-state index in [9.17, 15) is 9.59 Å². The van der Waals surface area contributed by atoms with E-state index < -0.39 is 5.91 Å². The van der Waals surface area contributed by atoms with Gasteiger partial charge in [0, 0.05) is 25.2 Å². The van der Waals surface area contributed by atoms with Crippen LogP contribution < -0.4 is 11.1 Å². The number of hydrogen-bond acceptors (Lipinski definition) is 4. The van der Waals surface area contributed by atoms with Crippen LogP contribution in [0.15, 0.2) is 24.3 Å². The number of morpholine rings is 1. The van der Waals surface area contributed by atoms with Crippen LogP contribution in [-0.4, -0.2) is 49.1 Å². The average Bonchev–Trinajstić information content (AvgIpc) is 2.53. The summed E-state index contributed by atoms with van der Waals surface area (Å²) in [7, 11) is 0. The molecule has 1 aliphatic heterocycles. The third-order valence-corrected chi connectivity index (χ3v) is 3.52. The molecule has 0 radical (unpaired) electrons. The van der Waals surface area contributed by atoms with Crippen LogP contribution in [0.5, 0.6) is 0 Å². The standard InChI is InChI=1S/C15H21N3O3/c1-11(15(20)18-5-7-21-8-6-18)17-10-12-3-2-4-13(9-12)14(16)19/h2-4,9,11,17H,5-8,10H2,1H3,(H2,16,19). The molecule has 1 aliphatic rings. The highest BCUT2D eigenvalue weighted by Crippen LogP contribution is 2.06. The van der Waals surface area contributed by atoms with E-state index >= 15 is 0 Å². The number of carbonyl (C=O) groups excluding carboxylic acids is 2. The van der Waals surface area contributed by atoms with Gasteiger partial charge in [-0.1, -0.05) is 12.1 Å². The number of carbonyl (C=O) groups is 2. The van der Waals surface area contributed by atoms with E-state index in [4.69, 9.17) is 10.5 Å². The number of ether oxygens (including phenoxy) is 1. The highest BCUT2D eigenvalue weighted by atomic mass is 16.5. The van der Waals surface area contributed by atoms with E-state index in [-0.39, 0.29) is 11.9 Å². The third-order valence-electron chi connectivity index (χ3n) is 3.52. The molecule has 21 heavy (non-hydrogen) atoms. The maximum Gasteiger partial charge on any atom is 0.248 e. The fraction of sp³-hybridized carbons (Fsp3) is 0.467. The van der Waals surface area contributed by atoms with Crippen LogP contribution in [-0.2, 0) is 16.1 Å². The van der Waals surface area contributed by atoms with E-state index in [1.165, 1.54) is 0 Å². The Morgan fingerprint density at radius 2 is 2.10 bits per heavy atom. The van der Waals surface area contributed by atoms with Gasteiger partial charge in [-0.2, -0.15) is 0 Å². The molecule has 6 nitrogen and oxygen atoms in total. The zero-order valence-electron chi connectivity index (χ0n) is 12.2. The molecule has 0 aromatic heterocycles. The zero-order valence-corrected chi connectivity index (χ0v) is 12.2. The van der Waals surface area contributed by atoms with Gasteiger partial charge in [0.05, 0.1) is 19.3 Å². The predicted octanol–water partition coefficient (Wildman–Crippen LogP) is 0.122. The molecule has 1 saturated heterocycles. The maximum atomic E-state index is 12.2. The maximum absolute atomic E-state index is 12.2. The molecular weight excluding hydrogens is 270 g/mol. The number of primary amides is 1. The van der Waals surface area contributed by atoms with Gasteiger partial charge in [-0.25, -0.2) is 0 Å². The van der Waals surface area contributed by atoms with Crippen LogP contribution in [0.2, 0.25) is 0 Å². The van der Waals surface area contributed by atoms with Crippen LogP contribution >= 0.6 is 0 Å². The SMILES string of the molecule is CC(NCc1cccc(C(N)=O)c1)C(=O)N1CCOCC1. The highest BCUT2D eigenvalue weighted by molar-refractivity contribution is 5.92. The van der Waals surface area contributed by atoms with Crippen molar-refractivity contribution in [3.05, 3.63) is 35.4 Å². The van der Waals surface area contributed by atoms with Crippen LogP contribution in [0.3, 0.4) is 0 Å². The molecule has 0 spiro atoms. The first-order valence-corrected chi connectivity index (χ1v) is 7.06.